The molecule has 0 spiro atoms. The van der Waals surface area contributed by atoms with Gasteiger partial charge in [-0.25, -0.2) is 9.97 Å². The maximum Gasteiger partial charge on any atom is 0.306 e. The van der Waals surface area contributed by atoms with E-state index in [0.717, 1.165) is 34.6 Å². The van der Waals surface area contributed by atoms with Crippen molar-refractivity contribution in [3.05, 3.63) is 88.5 Å². The molecule has 1 aromatic carbocycles. The quantitative estimate of drug-likeness (QED) is 0.216. The monoisotopic (exact) mass is 557 g/mol. The molecule has 2 fully saturated rings. The Kier molecular flexibility index (Phi) is 7.43. The number of carbonyl (C=O) groups excluding carboxylic acids is 2. The molecule has 0 bridgehead atoms. The number of esters is 1. The van der Waals surface area contributed by atoms with Crippen molar-refractivity contribution in [2.45, 2.75) is 57.4 Å². The van der Waals surface area contributed by atoms with Crippen LogP contribution in [0.3, 0.4) is 0 Å². The van der Waals surface area contributed by atoms with E-state index in [1.807, 2.05) is 49.5 Å². The van der Waals surface area contributed by atoms with Crippen LogP contribution >= 0.6 is 11.6 Å². The minimum absolute atomic E-state index is 0.0307. The minimum atomic E-state index is -0.187. The zero-order valence-corrected chi connectivity index (χ0v) is 23.2. The number of anilines is 2. The van der Waals surface area contributed by atoms with Crippen LogP contribution in [-0.4, -0.2) is 32.9 Å². The van der Waals surface area contributed by atoms with Gasteiger partial charge in [0.05, 0.1) is 18.8 Å². The van der Waals surface area contributed by atoms with Gasteiger partial charge in [0.25, 0.3) is 0 Å². The second-order valence-corrected chi connectivity index (χ2v) is 11.1. The summed E-state index contributed by atoms with van der Waals surface area (Å²) in [7, 11) is 0. The van der Waals surface area contributed by atoms with Crippen molar-refractivity contribution in [3.8, 4) is 0 Å². The van der Waals surface area contributed by atoms with Gasteiger partial charge in [-0.3, -0.25) is 9.59 Å². The maximum absolute atomic E-state index is 12.8. The van der Waals surface area contributed by atoms with E-state index in [-0.39, 0.29) is 23.7 Å². The topological polar surface area (TPSA) is 97.6 Å². The van der Waals surface area contributed by atoms with Gasteiger partial charge in [-0.05, 0) is 79.3 Å². The van der Waals surface area contributed by atoms with Gasteiger partial charge in [0, 0.05) is 47.7 Å². The van der Waals surface area contributed by atoms with E-state index in [2.05, 4.69) is 32.3 Å². The van der Waals surface area contributed by atoms with Crippen molar-refractivity contribution < 1.29 is 14.3 Å². The summed E-state index contributed by atoms with van der Waals surface area (Å²) in [5.41, 5.74) is 6.05. The van der Waals surface area contributed by atoms with Gasteiger partial charge >= 0.3 is 5.97 Å². The molecule has 3 heterocycles. The van der Waals surface area contributed by atoms with Crippen LogP contribution in [-0.2, 0) is 27.3 Å². The number of rotatable bonds is 11. The first kappa shape index (κ1) is 26.3. The molecule has 0 radical (unpaired) electrons. The predicted molar refractivity (Wildman–Crippen MR) is 155 cm³/mol. The smallest absolute Gasteiger partial charge is 0.306 e. The number of pyridine rings is 2. The predicted octanol–water partition coefficient (Wildman–Crippen LogP) is 6.11. The number of ether oxygens (including phenoxy) is 1. The molecule has 1 amide bonds. The first-order valence-corrected chi connectivity index (χ1v) is 14.3. The van der Waals surface area contributed by atoms with Gasteiger partial charge in [-0.1, -0.05) is 29.8 Å². The van der Waals surface area contributed by atoms with Crippen LogP contribution in [0.2, 0.25) is 5.02 Å². The first-order valence-electron chi connectivity index (χ1n) is 13.9. The average Bonchev–Trinajstić information content (AvgIpc) is 3.87. The molecular weight excluding hydrogens is 526 g/mol. The highest BCUT2D eigenvalue weighted by Gasteiger charge is 2.44. The molecule has 9 heteroatoms. The molecule has 40 heavy (non-hydrogen) atoms. The van der Waals surface area contributed by atoms with Crippen molar-refractivity contribution in [3.63, 3.8) is 0 Å². The Morgan fingerprint density at radius 3 is 2.80 bits per heavy atom. The second-order valence-electron chi connectivity index (χ2n) is 10.6. The zero-order valence-electron chi connectivity index (χ0n) is 22.4. The summed E-state index contributed by atoms with van der Waals surface area (Å²) in [6.45, 7) is 2.72. The van der Waals surface area contributed by atoms with Crippen LogP contribution in [0.5, 0.6) is 0 Å². The molecule has 2 N–H and O–H groups in total. The number of hydrogen-bond acceptors (Lipinski definition) is 6. The van der Waals surface area contributed by atoms with Crippen molar-refractivity contribution >= 4 is 40.6 Å². The van der Waals surface area contributed by atoms with Crippen LogP contribution in [0.15, 0.2) is 61.1 Å². The Morgan fingerprint density at radius 1 is 1.12 bits per heavy atom. The number of nitrogens with one attached hydrogen (secondary N) is 2. The molecule has 2 aliphatic carbocycles. The Hall–Kier alpha value is -3.91. The third kappa shape index (κ3) is 6.12. The Morgan fingerprint density at radius 2 is 2.00 bits per heavy atom. The summed E-state index contributed by atoms with van der Waals surface area (Å²) in [4.78, 5) is 34.0. The molecule has 8 nitrogen and oxygen atoms in total. The molecule has 0 saturated heterocycles. The summed E-state index contributed by atoms with van der Waals surface area (Å²) in [6.07, 6.45) is 10.0. The summed E-state index contributed by atoms with van der Waals surface area (Å²) in [5.74, 6) is 1.00. The van der Waals surface area contributed by atoms with Crippen LogP contribution in [0, 0.1) is 5.92 Å². The summed E-state index contributed by atoms with van der Waals surface area (Å²) < 4.78 is 7.20. The maximum atomic E-state index is 12.8. The number of carbonyl (C=O) groups is 2. The van der Waals surface area contributed by atoms with E-state index in [4.69, 9.17) is 21.3 Å². The van der Waals surface area contributed by atoms with Gasteiger partial charge in [-0.2, -0.15) is 0 Å². The molecular formula is C31H32ClN5O3. The Balaban J connectivity index is 1.10. The fourth-order valence-corrected chi connectivity index (χ4v) is 5.43. The molecule has 4 aromatic rings. The number of aromatic nitrogens is 3. The van der Waals surface area contributed by atoms with Crippen molar-refractivity contribution in [1.82, 2.24) is 14.4 Å². The van der Waals surface area contributed by atoms with E-state index < -0.39 is 0 Å². The highest BCUT2D eigenvalue weighted by molar-refractivity contribution is 6.30. The summed E-state index contributed by atoms with van der Waals surface area (Å²) >= 11 is 6.11. The fourth-order valence-electron chi connectivity index (χ4n) is 5.23. The highest BCUT2D eigenvalue weighted by atomic mass is 35.5. The van der Waals surface area contributed by atoms with Crippen molar-refractivity contribution in [2.24, 2.45) is 5.92 Å². The number of nitrogens with zero attached hydrogens (tertiary/aromatic N) is 3. The van der Waals surface area contributed by atoms with Crippen LogP contribution in [0.25, 0.3) is 5.65 Å². The number of amides is 1. The van der Waals surface area contributed by atoms with Crippen LogP contribution < -0.4 is 10.6 Å². The first-order chi connectivity index (χ1) is 19.5. The van der Waals surface area contributed by atoms with E-state index in [9.17, 15) is 9.59 Å². The lowest BCUT2D eigenvalue weighted by molar-refractivity contribution is -0.143. The standard InChI is InChI=1S/C31H32ClN5O3/c1-2-40-29(38)9-8-21-12-22(19-6-7-19)17-37-18-25(35-30(21)37)16-34-24-10-11-33-28(14-24)36-31(39)27-15-26(27)20-4-3-5-23(32)13-20/h3-5,10-14,17-19,26-27H,2,6-9,15-16H2,1H3,(H2,33,34,36,39)/t26-,27+/m1/s1. The van der Waals surface area contributed by atoms with E-state index >= 15 is 0 Å². The largest absolute Gasteiger partial charge is 0.466 e. The molecule has 6 rings (SSSR count). The number of halogens is 1. The van der Waals surface area contributed by atoms with Crippen LogP contribution in [0.1, 0.15) is 66.8 Å². The van der Waals surface area contributed by atoms with Gasteiger partial charge in [0.1, 0.15) is 11.5 Å². The fraction of sp³-hybridized carbons (Fsp3) is 0.355. The summed E-state index contributed by atoms with van der Waals surface area (Å²) in [6, 6.07) is 13.6. The van der Waals surface area contributed by atoms with Gasteiger partial charge in [-0.15, -0.1) is 0 Å². The van der Waals surface area contributed by atoms with E-state index in [1.54, 1.807) is 6.20 Å². The number of aryl methyl sites for hydroxylation is 1. The molecule has 206 valence electrons. The number of hydrogen-bond donors (Lipinski definition) is 2. The number of benzene rings is 1. The second kappa shape index (κ2) is 11.3. The number of fused-ring (bicyclic) bond motifs is 1. The van der Waals surface area contributed by atoms with Crippen molar-refractivity contribution in [2.75, 3.05) is 17.2 Å². The molecule has 2 aliphatic rings. The lowest BCUT2D eigenvalue weighted by Gasteiger charge is -2.08. The number of imidazole rings is 1. The third-order valence-corrected chi connectivity index (χ3v) is 7.77. The zero-order chi connectivity index (χ0) is 27.6. The average molecular weight is 558 g/mol. The van der Waals surface area contributed by atoms with Gasteiger partial charge < -0.3 is 19.8 Å². The molecule has 0 unspecified atom stereocenters. The summed E-state index contributed by atoms with van der Waals surface area (Å²) in [5, 5.41) is 7.05. The lowest BCUT2D eigenvalue weighted by atomic mass is 10.1. The lowest BCUT2D eigenvalue weighted by Crippen LogP contribution is -2.15. The minimum Gasteiger partial charge on any atom is -0.466 e. The van der Waals surface area contributed by atoms with E-state index in [1.165, 1.54) is 18.4 Å². The molecule has 3 aromatic heterocycles. The highest BCUT2D eigenvalue weighted by Crippen LogP contribution is 2.48. The third-order valence-electron chi connectivity index (χ3n) is 7.54. The molecule has 0 aliphatic heterocycles. The normalized spacial score (nSPS) is 17.9. The Bertz CT molecular complexity index is 1560. The molecule has 2 atom stereocenters. The SMILES string of the molecule is CCOC(=O)CCc1cc(C2CC2)cn2cc(CNc3ccnc(NC(=O)[C@H]4C[C@@H]4c4cccc(Cl)c4)c3)nc12. The van der Waals surface area contributed by atoms with E-state index in [0.29, 0.717) is 42.8 Å². The molecule has 2 saturated carbocycles. The van der Waals surface area contributed by atoms with Crippen LogP contribution in [0.4, 0.5) is 11.5 Å². The van der Waals surface area contributed by atoms with Gasteiger partial charge in [0.15, 0.2) is 0 Å². The van der Waals surface area contributed by atoms with Gasteiger partial charge in [0.2, 0.25) is 5.91 Å². The Labute approximate surface area is 238 Å². The van der Waals surface area contributed by atoms with Crippen molar-refractivity contribution in [1.29, 1.82) is 0 Å².